The van der Waals surface area contributed by atoms with Gasteiger partial charge < -0.3 is 16.2 Å². The number of nitrogens with one attached hydrogen (secondary N) is 2. The van der Waals surface area contributed by atoms with Gasteiger partial charge in [0.15, 0.2) is 0 Å². The molecular weight excluding hydrogens is 370 g/mol. The zero-order chi connectivity index (χ0) is 22.0. The van der Waals surface area contributed by atoms with Crippen molar-refractivity contribution >= 4 is 17.5 Å². The number of carbonyl (C=O) groups is 2. The normalized spacial score (nSPS) is 11.0. The predicted octanol–water partition coefficient (Wildman–Crippen LogP) is 1.85. The SMILES string of the molecule is C=C.CC(C)(O)C(NC(=O)c1ccc(C#Cc2ccc(N)cc2)cc1)C(=O)NO. The summed E-state index contributed by atoms with van der Waals surface area (Å²) < 4.78 is 0. The topological polar surface area (TPSA) is 125 Å². The number of aliphatic hydroxyl groups is 1. The lowest BCUT2D eigenvalue weighted by Gasteiger charge is -2.28. The van der Waals surface area contributed by atoms with E-state index in [9.17, 15) is 14.7 Å². The third-order valence-electron chi connectivity index (χ3n) is 3.76. The molecule has 2 rings (SSSR count). The van der Waals surface area contributed by atoms with Crippen LogP contribution < -0.4 is 16.5 Å². The minimum absolute atomic E-state index is 0.285. The molecule has 7 heteroatoms. The Morgan fingerprint density at radius 1 is 1.00 bits per heavy atom. The lowest BCUT2D eigenvalue weighted by atomic mass is 9.97. The highest BCUT2D eigenvalue weighted by atomic mass is 16.5. The molecule has 0 aliphatic heterocycles. The summed E-state index contributed by atoms with van der Waals surface area (Å²) in [5.74, 6) is 4.49. The molecule has 0 spiro atoms. The molecule has 0 aliphatic rings. The van der Waals surface area contributed by atoms with Gasteiger partial charge in [0.1, 0.15) is 6.04 Å². The van der Waals surface area contributed by atoms with Crippen molar-refractivity contribution in [1.82, 2.24) is 10.8 Å². The molecule has 1 atom stereocenters. The van der Waals surface area contributed by atoms with Crippen LogP contribution >= 0.6 is 0 Å². The summed E-state index contributed by atoms with van der Waals surface area (Å²) in [7, 11) is 0. The van der Waals surface area contributed by atoms with Crippen LogP contribution in [0.5, 0.6) is 0 Å². The Balaban J connectivity index is 0.00000204. The van der Waals surface area contributed by atoms with Gasteiger partial charge in [-0.1, -0.05) is 11.8 Å². The highest BCUT2D eigenvalue weighted by Gasteiger charge is 2.34. The van der Waals surface area contributed by atoms with E-state index >= 15 is 0 Å². The lowest BCUT2D eigenvalue weighted by Crippen LogP contribution is -2.57. The van der Waals surface area contributed by atoms with Crippen molar-refractivity contribution in [2.24, 2.45) is 0 Å². The van der Waals surface area contributed by atoms with Crippen LogP contribution in [0.2, 0.25) is 0 Å². The van der Waals surface area contributed by atoms with Crippen molar-refractivity contribution in [3.63, 3.8) is 0 Å². The number of carbonyl (C=O) groups excluding carboxylic acids is 2. The largest absolute Gasteiger partial charge is 0.399 e. The Morgan fingerprint density at radius 3 is 1.86 bits per heavy atom. The van der Waals surface area contributed by atoms with Crippen molar-refractivity contribution in [2.45, 2.75) is 25.5 Å². The summed E-state index contributed by atoms with van der Waals surface area (Å²) >= 11 is 0. The third kappa shape index (κ3) is 7.14. The van der Waals surface area contributed by atoms with Gasteiger partial charge in [0, 0.05) is 22.4 Å². The number of nitrogen functional groups attached to an aromatic ring is 1. The van der Waals surface area contributed by atoms with Gasteiger partial charge >= 0.3 is 0 Å². The van der Waals surface area contributed by atoms with E-state index in [1.54, 1.807) is 36.4 Å². The molecule has 0 radical (unpaired) electrons. The van der Waals surface area contributed by atoms with E-state index in [-0.39, 0.29) is 5.56 Å². The number of rotatable bonds is 4. The average molecular weight is 395 g/mol. The minimum atomic E-state index is -1.56. The number of hydrogen-bond acceptors (Lipinski definition) is 5. The second-order valence-corrected chi connectivity index (χ2v) is 6.49. The van der Waals surface area contributed by atoms with Crippen LogP contribution in [0.15, 0.2) is 61.7 Å². The fourth-order valence-corrected chi connectivity index (χ4v) is 2.26. The maximum atomic E-state index is 12.3. The number of anilines is 1. The fraction of sp³-hybridized carbons (Fsp3) is 0.182. The molecule has 0 saturated heterocycles. The van der Waals surface area contributed by atoms with Crippen LogP contribution in [0, 0.1) is 11.8 Å². The second-order valence-electron chi connectivity index (χ2n) is 6.49. The van der Waals surface area contributed by atoms with Crippen molar-refractivity contribution < 1.29 is 19.9 Å². The van der Waals surface area contributed by atoms with Crippen molar-refractivity contribution in [3.8, 4) is 11.8 Å². The monoisotopic (exact) mass is 395 g/mol. The Morgan fingerprint density at radius 2 is 1.45 bits per heavy atom. The van der Waals surface area contributed by atoms with E-state index < -0.39 is 23.5 Å². The van der Waals surface area contributed by atoms with Crippen molar-refractivity contribution in [1.29, 1.82) is 0 Å². The first-order valence-electron chi connectivity index (χ1n) is 8.65. The molecular formula is C22H25N3O4. The van der Waals surface area contributed by atoms with Gasteiger partial charge in [-0.2, -0.15) is 0 Å². The minimum Gasteiger partial charge on any atom is -0.399 e. The number of hydroxylamine groups is 1. The van der Waals surface area contributed by atoms with Crippen molar-refractivity contribution in [2.75, 3.05) is 5.73 Å². The summed E-state index contributed by atoms with van der Waals surface area (Å²) in [5, 5.41) is 21.2. The van der Waals surface area contributed by atoms with Crippen LogP contribution in [0.3, 0.4) is 0 Å². The van der Waals surface area contributed by atoms with Gasteiger partial charge in [-0.15, -0.1) is 13.2 Å². The van der Waals surface area contributed by atoms with Gasteiger partial charge in [-0.3, -0.25) is 14.8 Å². The first kappa shape index (κ1) is 23.4. The standard InChI is InChI=1S/C20H21N3O4.C2H4/c1-20(2,26)17(19(25)23-27)22-18(24)15-9-5-13(6-10-15)3-4-14-7-11-16(21)12-8-14;1-2/h5-12,17,26-27H,21H2,1-2H3,(H,22,24)(H,23,25);1-2H2. The molecule has 0 aromatic heterocycles. The Hall–Kier alpha value is -3.60. The van der Waals surface area contributed by atoms with Crippen LogP contribution in [-0.2, 0) is 4.79 Å². The molecule has 29 heavy (non-hydrogen) atoms. The average Bonchev–Trinajstić information content (AvgIpc) is 2.72. The molecule has 0 aliphatic carbocycles. The number of amides is 2. The van der Waals surface area contributed by atoms with Crippen LogP contribution in [-0.4, -0.2) is 33.8 Å². The van der Waals surface area contributed by atoms with Gasteiger partial charge in [-0.25, -0.2) is 5.48 Å². The van der Waals surface area contributed by atoms with E-state index in [2.05, 4.69) is 30.3 Å². The highest BCUT2D eigenvalue weighted by molar-refractivity contribution is 5.97. The first-order valence-corrected chi connectivity index (χ1v) is 8.65. The summed E-state index contributed by atoms with van der Waals surface area (Å²) in [6.45, 7) is 8.70. The van der Waals surface area contributed by atoms with Crippen molar-refractivity contribution in [3.05, 3.63) is 78.4 Å². The zero-order valence-corrected chi connectivity index (χ0v) is 16.4. The molecule has 0 saturated carbocycles. The summed E-state index contributed by atoms with van der Waals surface area (Å²) in [4.78, 5) is 24.0. The van der Waals surface area contributed by atoms with E-state index in [0.29, 0.717) is 11.3 Å². The molecule has 2 amide bonds. The quantitative estimate of drug-likeness (QED) is 0.178. The van der Waals surface area contributed by atoms with E-state index in [0.717, 1.165) is 5.56 Å². The number of benzene rings is 2. The lowest BCUT2D eigenvalue weighted by molar-refractivity contribution is -0.136. The van der Waals surface area contributed by atoms with Crippen LogP contribution in [0.4, 0.5) is 5.69 Å². The molecule has 2 aromatic carbocycles. The molecule has 0 fully saturated rings. The van der Waals surface area contributed by atoms with E-state index in [1.165, 1.54) is 19.3 Å². The Labute approximate surface area is 170 Å². The second kappa shape index (κ2) is 10.7. The van der Waals surface area contributed by atoms with Gasteiger partial charge in [0.25, 0.3) is 11.8 Å². The highest BCUT2D eigenvalue weighted by Crippen LogP contribution is 2.11. The molecule has 2 aromatic rings. The molecule has 6 N–H and O–H groups in total. The third-order valence-corrected chi connectivity index (χ3v) is 3.76. The first-order chi connectivity index (χ1) is 13.7. The van der Waals surface area contributed by atoms with Gasteiger partial charge in [0.2, 0.25) is 0 Å². The Bertz CT molecular complexity index is 889. The maximum Gasteiger partial charge on any atom is 0.268 e. The molecule has 0 bridgehead atoms. The number of hydrogen-bond donors (Lipinski definition) is 5. The predicted molar refractivity (Wildman–Crippen MR) is 112 cm³/mol. The molecule has 0 heterocycles. The number of nitrogens with two attached hydrogens (primary N) is 1. The Kier molecular flexibility index (Phi) is 8.62. The van der Waals surface area contributed by atoms with Gasteiger partial charge in [0.05, 0.1) is 5.60 Å². The van der Waals surface area contributed by atoms with E-state index in [4.69, 9.17) is 10.9 Å². The fourth-order valence-electron chi connectivity index (χ4n) is 2.26. The molecule has 152 valence electrons. The molecule has 1 unspecified atom stereocenters. The van der Waals surface area contributed by atoms with Gasteiger partial charge in [-0.05, 0) is 62.4 Å². The molecule has 7 nitrogen and oxygen atoms in total. The smallest absolute Gasteiger partial charge is 0.268 e. The maximum absolute atomic E-state index is 12.3. The summed E-state index contributed by atoms with van der Waals surface area (Å²) in [5.41, 5.74) is 7.96. The van der Waals surface area contributed by atoms with Crippen LogP contribution in [0.1, 0.15) is 35.3 Å². The zero-order valence-electron chi connectivity index (χ0n) is 16.4. The summed E-state index contributed by atoms with van der Waals surface area (Å²) in [6, 6.07) is 12.3. The van der Waals surface area contributed by atoms with E-state index in [1.807, 2.05) is 12.1 Å². The summed E-state index contributed by atoms with van der Waals surface area (Å²) in [6.07, 6.45) is 0. The van der Waals surface area contributed by atoms with Crippen LogP contribution in [0.25, 0.3) is 0 Å².